The number of ether oxygens (including phenoxy) is 1. The van der Waals surface area contributed by atoms with Gasteiger partial charge in [-0.3, -0.25) is 0 Å². The second-order valence-electron chi connectivity index (χ2n) is 3.65. The van der Waals surface area contributed by atoms with Gasteiger partial charge in [-0.05, 0) is 25.5 Å². The molecule has 0 unspecified atom stereocenters. The predicted molar refractivity (Wildman–Crippen MR) is 57.8 cm³/mol. The van der Waals surface area contributed by atoms with Gasteiger partial charge in [-0.25, -0.2) is 4.98 Å². The number of hydrogen-bond donors (Lipinski definition) is 2. The van der Waals surface area contributed by atoms with Gasteiger partial charge in [0.1, 0.15) is 0 Å². The summed E-state index contributed by atoms with van der Waals surface area (Å²) in [6.07, 6.45) is -4.48. The smallest absolute Gasteiger partial charge is 0.422 e. The molecule has 1 heterocycles. The van der Waals surface area contributed by atoms with Gasteiger partial charge in [0, 0.05) is 5.69 Å². The van der Waals surface area contributed by atoms with Gasteiger partial charge < -0.3 is 15.7 Å². The van der Waals surface area contributed by atoms with E-state index in [1.54, 1.807) is 19.9 Å². The molecule has 0 aliphatic rings. The Morgan fingerprint density at radius 3 is 2.61 bits per heavy atom. The SMILES string of the molecule is Cc1cc(C)c(/C(N)=N/O)c(OCC(F)(F)F)n1. The van der Waals surface area contributed by atoms with Crippen LogP contribution in [0.3, 0.4) is 0 Å². The van der Waals surface area contributed by atoms with Crippen molar-refractivity contribution in [2.45, 2.75) is 20.0 Å². The van der Waals surface area contributed by atoms with Crippen molar-refractivity contribution in [3.63, 3.8) is 0 Å². The van der Waals surface area contributed by atoms with E-state index in [4.69, 9.17) is 10.9 Å². The average Bonchev–Trinajstić information content (AvgIpc) is 2.23. The third-order valence-electron chi connectivity index (χ3n) is 2.05. The molecule has 0 saturated carbocycles. The van der Waals surface area contributed by atoms with Crippen molar-refractivity contribution in [2.75, 3.05) is 6.61 Å². The van der Waals surface area contributed by atoms with E-state index in [0.717, 1.165) is 0 Å². The molecule has 8 heteroatoms. The zero-order valence-corrected chi connectivity index (χ0v) is 9.75. The summed E-state index contributed by atoms with van der Waals surface area (Å²) in [5, 5.41) is 11.3. The molecule has 0 aliphatic heterocycles. The van der Waals surface area contributed by atoms with E-state index in [1.165, 1.54) is 0 Å². The van der Waals surface area contributed by atoms with E-state index in [9.17, 15) is 13.2 Å². The summed E-state index contributed by atoms with van der Waals surface area (Å²) in [6, 6.07) is 1.59. The zero-order valence-electron chi connectivity index (χ0n) is 9.75. The van der Waals surface area contributed by atoms with Crippen LogP contribution in [0.4, 0.5) is 13.2 Å². The molecular formula is C10H12F3N3O2. The van der Waals surface area contributed by atoms with Crippen molar-refractivity contribution in [1.29, 1.82) is 0 Å². The largest absolute Gasteiger partial charge is 0.467 e. The van der Waals surface area contributed by atoms with Crippen molar-refractivity contribution in [2.24, 2.45) is 10.9 Å². The molecule has 1 rings (SSSR count). The lowest BCUT2D eigenvalue weighted by Gasteiger charge is -2.14. The molecule has 0 amide bonds. The highest BCUT2D eigenvalue weighted by atomic mass is 19.4. The Hall–Kier alpha value is -1.99. The Labute approximate surface area is 101 Å². The van der Waals surface area contributed by atoms with Gasteiger partial charge in [-0.15, -0.1) is 0 Å². The number of aromatic nitrogens is 1. The monoisotopic (exact) mass is 263 g/mol. The minimum absolute atomic E-state index is 0.0485. The number of aryl methyl sites for hydroxylation is 2. The molecule has 1 aromatic rings. The molecule has 0 saturated heterocycles. The highest BCUT2D eigenvalue weighted by molar-refractivity contribution is 6.00. The van der Waals surface area contributed by atoms with Crippen molar-refractivity contribution >= 4 is 5.84 Å². The van der Waals surface area contributed by atoms with Crippen LogP contribution in [0.15, 0.2) is 11.2 Å². The van der Waals surface area contributed by atoms with Gasteiger partial charge >= 0.3 is 6.18 Å². The van der Waals surface area contributed by atoms with Crippen LogP contribution in [-0.4, -0.2) is 28.8 Å². The summed E-state index contributed by atoms with van der Waals surface area (Å²) in [7, 11) is 0. The summed E-state index contributed by atoms with van der Waals surface area (Å²) < 4.78 is 40.9. The van der Waals surface area contributed by atoms with Gasteiger partial charge in [0.25, 0.3) is 0 Å². The Morgan fingerprint density at radius 2 is 2.11 bits per heavy atom. The lowest BCUT2D eigenvalue weighted by molar-refractivity contribution is -0.154. The van der Waals surface area contributed by atoms with Crippen LogP contribution in [0, 0.1) is 13.8 Å². The number of oxime groups is 1. The standard InChI is InChI=1S/C10H12F3N3O2/c1-5-3-6(2)15-9(7(5)8(14)16-17)18-4-10(11,12)13/h3,17H,4H2,1-2H3,(H2,14,16). The third kappa shape index (κ3) is 3.51. The second kappa shape index (κ2) is 5.11. The maximum Gasteiger partial charge on any atom is 0.422 e. The van der Waals surface area contributed by atoms with Crippen molar-refractivity contribution in [3.05, 3.63) is 22.9 Å². The van der Waals surface area contributed by atoms with Gasteiger partial charge in [0.15, 0.2) is 12.4 Å². The van der Waals surface area contributed by atoms with Crippen LogP contribution >= 0.6 is 0 Å². The van der Waals surface area contributed by atoms with Crippen LogP contribution in [-0.2, 0) is 0 Å². The quantitative estimate of drug-likeness (QED) is 0.376. The Bertz CT molecular complexity index is 472. The Balaban J connectivity index is 3.16. The molecule has 0 radical (unpaired) electrons. The fraction of sp³-hybridized carbons (Fsp3) is 0.400. The van der Waals surface area contributed by atoms with Gasteiger partial charge in [-0.1, -0.05) is 5.16 Å². The van der Waals surface area contributed by atoms with Gasteiger partial charge in [-0.2, -0.15) is 13.2 Å². The molecule has 0 spiro atoms. The summed E-state index contributed by atoms with van der Waals surface area (Å²) in [4.78, 5) is 3.81. The number of halogens is 3. The number of amidine groups is 1. The summed E-state index contributed by atoms with van der Waals surface area (Å²) in [6.45, 7) is 1.71. The second-order valence-corrected chi connectivity index (χ2v) is 3.65. The number of alkyl halides is 3. The fourth-order valence-electron chi connectivity index (χ4n) is 1.42. The summed E-state index contributed by atoms with van der Waals surface area (Å²) in [5.41, 5.74) is 6.41. The maximum atomic E-state index is 12.1. The highest BCUT2D eigenvalue weighted by Gasteiger charge is 2.29. The first-order chi connectivity index (χ1) is 8.24. The number of hydrogen-bond acceptors (Lipinski definition) is 4. The molecule has 5 nitrogen and oxygen atoms in total. The van der Waals surface area contributed by atoms with Crippen molar-refractivity contribution < 1.29 is 23.1 Å². The first kappa shape index (κ1) is 14.1. The molecule has 3 N–H and O–H groups in total. The molecule has 1 aromatic heterocycles. The fourth-order valence-corrected chi connectivity index (χ4v) is 1.42. The Kier molecular flexibility index (Phi) is 4.00. The van der Waals surface area contributed by atoms with Crippen molar-refractivity contribution in [1.82, 2.24) is 4.98 Å². The zero-order chi connectivity index (χ0) is 13.9. The molecule has 100 valence electrons. The molecule has 0 fully saturated rings. The predicted octanol–water partition coefficient (Wildman–Crippen LogP) is 1.73. The molecule has 0 atom stereocenters. The van der Waals surface area contributed by atoms with E-state index in [1.807, 2.05) is 0 Å². The van der Waals surface area contributed by atoms with Crippen LogP contribution in [0.25, 0.3) is 0 Å². The van der Waals surface area contributed by atoms with Crippen LogP contribution < -0.4 is 10.5 Å². The minimum atomic E-state index is -4.48. The maximum absolute atomic E-state index is 12.1. The van der Waals surface area contributed by atoms with E-state index >= 15 is 0 Å². The van der Waals surface area contributed by atoms with E-state index < -0.39 is 12.8 Å². The van der Waals surface area contributed by atoms with E-state index in [-0.39, 0.29) is 17.3 Å². The minimum Gasteiger partial charge on any atom is -0.467 e. The van der Waals surface area contributed by atoms with Crippen LogP contribution in [0.2, 0.25) is 0 Å². The normalized spacial score (nSPS) is 12.6. The first-order valence-electron chi connectivity index (χ1n) is 4.90. The average molecular weight is 263 g/mol. The van der Waals surface area contributed by atoms with Crippen LogP contribution in [0.1, 0.15) is 16.8 Å². The third-order valence-corrected chi connectivity index (χ3v) is 2.05. The number of rotatable bonds is 3. The lowest BCUT2D eigenvalue weighted by atomic mass is 10.1. The van der Waals surface area contributed by atoms with Gasteiger partial charge in [0.2, 0.25) is 5.88 Å². The summed E-state index contributed by atoms with van der Waals surface area (Å²) in [5.74, 6) is -0.655. The molecule has 0 bridgehead atoms. The number of nitrogens with two attached hydrogens (primary N) is 1. The Morgan fingerprint density at radius 1 is 1.50 bits per heavy atom. The lowest BCUT2D eigenvalue weighted by Crippen LogP contribution is -2.23. The highest BCUT2D eigenvalue weighted by Crippen LogP contribution is 2.23. The molecule has 0 aliphatic carbocycles. The topological polar surface area (TPSA) is 80.7 Å². The molecular weight excluding hydrogens is 251 g/mol. The first-order valence-corrected chi connectivity index (χ1v) is 4.90. The molecule has 18 heavy (non-hydrogen) atoms. The van der Waals surface area contributed by atoms with E-state index in [0.29, 0.717) is 11.3 Å². The summed E-state index contributed by atoms with van der Waals surface area (Å²) >= 11 is 0. The number of pyridine rings is 1. The van der Waals surface area contributed by atoms with Gasteiger partial charge in [0.05, 0.1) is 5.56 Å². The number of nitrogens with zero attached hydrogens (tertiary/aromatic N) is 2. The molecule has 0 aromatic carbocycles. The van der Waals surface area contributed by atoms with Crippen LogP contribution in [0.5, 0.6) is 5.88 Å². The van der Waals surface area contributed by atoms with Crippen molar-refractivity contribution in [3.8, 4) is 5.88 Å². The van der Waals surface area contributed by atoms with E-state index in [2.05, 4.69) is 14.9 Å².